The Hall–Kier alpha value is -3.52. The molecule has 2 aliphatic heterocycles. The molecule has 2 aliphatic rings. The van der Waals surface area contributed by atoms with Gasteiger partial charge < -0.3 is 34.7 Å². The number of furan rings is 1. The number of carbonyl (C=O) groups is 4. The Morgan fingerprint density at radius 3 is 2.67 bits per heavy atom. The van der Waals surface area contributed by atoms with E-state index >= 15 is 0 Å². The van der Waals surface area contributed by atoms with Gasteiger partial charge in [-0.3, -0.25) is 14.5 Å². The van der Waals surface area contributed by atoms with Gasteiger partial charge in [-0.1, -0.05) is 19.0 Å². The number of fused-ring (bicyclic) bond motifs is 1. The van der Waals surface area contributed by atoms with Crippen molar-refractivity contribution in [1.29, 1.82) is 0 Å². The molecule has 3 heterocycles. The maximum atomic E-state index is 13.1. The number of β-lactam (4-membered cyclic amide) rings is 1. The van der Waals surface area contributed by atoms with E-state index < -0.39 is 35.3 Å². The lowest BCUT2D eigenvalue weighted by Crippen LogP contribution is -2.71. The van der Waals surface area contributed by atoms with Crippen molar-refractivity contribution in [3.8, 4) is 0 Å². The minimum absolute atomic E-state index is 0.00753. The Morgan fingerprint density at radius 1 is 1.31 bits per heavy atom. The molecule has 13 nitrogen and oxygen atoms in total. The molecule has 196 valence electrons. The normalized spacial score (nSPS) is 19.5. The van der Waals surface area contributed by atoms with Crippen LogP contribution in [0.1, 0.15) is 19.6 Å². The maximum absolute atomic E-state index is 13.1. The number of ether oxygens (including phenoxy) is 2. The third-order valence-corrected chi connectivity index (χ3v) is 6.94. The predicted octanol–water partition coefficient (Wildman–Crippen LogP) is 0.264. The lowest BCUT2D eigenvalue weighted by Gasteiger charge is -2.49. The molecule has 1 fully saturated rings. The van der Waals surface area contributed by atoms with Crippen molar-refractivity contribution in [3.05, 3.63) is 35.4 Å². The molecule has 1 aromatic rings. The lowest BCUT2D eigenvalue weighted by atomic mass is 10.0. The monoisotopic (exact) mass is 523 g/mol. The molecular formula is C22H29N5O8S. The van der Waals surface area contributed by atoms with Crippen molar-refractivity contribution in [2.45, 2.75) is 25.3 Å². The first-order chi connectivity index (χ1) is 17.3. The van der Waals surface area contributed by atoms with Gasteiger partial charge in [-0.2, -0.15) is 0 Å². The summed E-state index contributed by atoms with van der Waals surface area (Å²) in [6, 6.07) is 2.18. The minimum Gasteiger partial charge on any atom is -0.462 e. The van der Waals surface area contributed by atoms with Crippen LogP contribution in [-0.4, -0.2) is 96.5 Å². The fourth-order valence-corrected chi connectivity index (χ4v) is 5.06. The first-order valence-electron chi connectivity index (χ1n) is 11.3. The topological polar surface area (TPSA) is 166 Å². The van der Waals surface area contributed by atoms with Crippen molar-refractivity contribution in [2.75, 3.05) is 45.7 Å². The van der Waals surface area contributed by atoms with E-state index in [0.717, 1.165) is 13.1 Å². The van der Waals surface area contributed by atoms with Crippen molar-refractivity contribution in [3.63, 3.8) is 0 Å². The summed E-state index contributed by atoms with van der Waals surface area (Å²) in [7, 11) is 1.28. The fraction of sp³-hybridized carbons (Fsp3) is 0.500. The molecule has 1 saturated heterocycles. The molecule has 2 atom stereocenters. The smallest absolute Gasteiger partial charge is 0.404 e. The number of nitrogens with two attached hydrogens (primary N) is 1. The number of nitrogens with one attached hydrogen (secondary N) is 1. The average Bonchev–Trinajstić information content (AvgIpc) is 3.40. The van der Waals surface area contributed by atoms with Crippen LogP contribution in [0, 0.1) is 0 Å². The van der Waals surface area contributed by atoms with Crippen LogP contribution in [0.15, 0.2) is 39.2 Å². The number of oxime groups is 1. The van der Waals surface area contributed by atoms with Crippen LogP contribution in [0.2, 0.25) is 0 Å². The van der Waals surface area contributed by atoms with E-state index in [-0.39, 0.29) is 36.1 Å². The number of esters is 1. The number of nitrogens with zero attached hydrogens (tertiary/aromatic N) is 3. The molecule has 1 aromatic heterocycles. The SMILES string of the molecule is CCN(CC)CCOC(=O)C1=C(COC(N)=O)CSC2C(NC(=O)C(=NOC)c3ccco3)C(=O)N12. The zero-order valence-corrected chi connectivity index (χ0v) is 21.0. The Bertz CT molecular complexity index is 1040. The molecule has 0 saturated carbocycles. The summed E-state index contributed by atoms with van der Waals surface area (Å²) in [5.74, 6) is -1.50. The first kappa shape index (κ1) is 27.1. The van der Waals surface area contributed by atoms with Crippen LogP contribution < -0.4 is 11.1 Å². The van der Waals surface area contributed by atoms with Crippen LogP contribution in [0.25, 0.3) is 0 Å². The predicted molar refractivity (Wildman–Crippen MR) is 129 cm³/mol. The summed E-state index contributed by atoms with van der Waals surface area (Å²) in [6.45, 7) is 5.97. The van der Waals surface area contributed by atoms with E-state index in [9.17, 15) is 19.2 Å². The Balaban J connectivity index is 1.75. The Kier molecular flexibility index (Phi) is 9.36. The van der Waals surface area contributed by atoms with E-state index in [1.54, 1.807) is 6.07 Å². The highest BCUT2D eigenvalue weighted by Gasteiger charge is 2.54. The van der Waals surface area contributed by atoms with Crippen LogP contribution in [0.5, 0.6) is 0 Å². The first-order valence-corrected chi connectivity index (χ1v) is 12.3. The largest absolute Gasteiger partial charge is 0.462 e. The third-order valence-electron chi connectivity index (χ3n) is 5.60. The highest BCUT2D eigenvalue weighted by Crippen LogP contribution is 2.40. The van der Waals surface area contributed by atoms with Crippen LogP contribution in [-0.2, 0) is 28.7 Å². The van der Waals surface area contributed by atoms with Gasteiger partial charge in [0.15, 0.2) is 5.76 Å². The molecule has 0 bridgehead atoms. The number of primary amides is 1. The van der Waals surface area contributed by atoms with E-state index in [4.69, 9.17) is 24.5 Å². The van der Waals surface area contributed by atoms with Gasteiger partial charge in [0.05, 0.1) is 6.26 Å². The van der Waals surface area contributed by atoms with Gasteiger partial charge in [0.1, 0.15) is 37.4 Å². The second kappa shape index (κ2) is 12.4. The number of amides is 3. The van der Waals surface area contributed by atoms with Gasteiger partial charge in [-0.15, -0.1) is 11.8 Å². The lowest BCUT2D eigenvalue weighted by molar-refractivity contribution is -0.152. The second-order valence-electron chi connectivity index (χ2n) is 7.68. The molecule has 3 N–H and O–H groups in total. The van der Waals surface area contributed by atoms with Gasteiger partial charge in [-0.25, -0.2) is 9.59 Å². The summed E-state index contributed by atoms with van der Waals surface area (Å²) < 4.78 is 15.5. The fourth-order valence-electron chi connectivity index (χ4n) is 3.73. The highest BCUT2D eigenvalue weighted by molar-refractivity contribution is 8.00. The number of hydrogen-bond donors (Lipinski definition) is 2. The van der Waals surface area contributed by atoms with Crippen molar-refractivity contribution in [2.24, 2.45) is 10.9 Å². The Labute approximate surface area is 211 Å². The summed E-state index contributed by atoms with van der Waals surface area (Å²) in [4.78, 5) is 58.1. The van der Waals surface area contributed by atoms with Gasteiger partial charge in [0, 0.05) is 17.9 Å². The number of likely N-dealkylation sites (N-methyl/N-ethyl adjacent to an activating group) is 1. The highest BCUT2D eigenvalue weighted by atomic mass is 32.2. The van der Waals surface area contributed by atoms with Gasteiger partial charge >= 0.3 is 12.1 Å². The standard InChI is InChI=1S/C22H29N5O8S/c1-4-26(5-2)8-10-34-21(30)17-13(11-35-22(23)31)12-36-20-16(19(29)27(17)20)24-18(28)15(25-32-3)14-7-6-9-33-14/h6-7,9,16,20H,4-5,8,10-12H2,1-3H3,(H2,23,31)(H,24,28). The van der Waals surface area contributed by atoms with E-state index in [0.29, 0.717) is 12.1 Å². The third kappa shape index (κ3) is 5.99. The van der Waals surface area contributed by atoms with Crippen LogP contribution in [0.4, 0.5) is 4.79 Å². The molecule has 0 spiro atoms. The number of thioether (sulfide) groups is 1. The van der Waals surface area contributed by atoms with E-state index in [2.05, 4.69) is 15.4 Å². The van der Waals surface area contributed by atoms with Crippen molar-refractivity contribution >= 4 is 41.4 Å². The Morgan fingerprint density at radius 2 is 2.06 bits per heavy atom. The number of hydrogen-bond acceptors (Lipinski definition) is 11. The quantitative estimate of drug-likeness (QED) is 0.168. The summed E-state index contributed by atoms with van der Waals surface area (Å²) in [5, 5.41) is 5.75. The summed E-state index contributed by atoms with van der Waals surface area (Å²) in [6.07, 6.45) is 0.367. The molecule has 0 radical (unpaired) electrons. The zero-order valence-electron chi connectivity index (χ0n) is 20.2. The van der Waals surface area contributed by atoms with Gasteiger partial charge in [0.2, 0.25) is 5.71 Å². The molecule has 2 unspecified atom stereocenters. The minimum atomic E-state index is -1.01. The van der Waals surface area contributed by atoms with Gasteiger partial charge in [0.25, 0.3) is 11.8 Å². The average molecular weight is 524 g/mol. The molecule has 3 rings (SSSR count). The second-order valence-corrected chi connectivity index (χ2v) is 8.79. The molecule has 14 heteroatoms. The van der Waals surface area contributed by atoms with Crippen molar-refractivity contribution < 1.29 is 37.9 Å². The van der Waals surface area contributed by atoms with Crippen molar-refractivity contribution in [1.82, 2.24) is 15.1 Å². The van der Waals surface area contributed by atoms with Crippen LogP contribution in [0.3, 0.4) is 0 Å². The number of carbonyl (C=O) groups excluding carboxylic acids is 4. The molecular weight excluding hydrogens is 494 g/mol. The molecule has 0 aromatic carbocycles. The van der Waals surface area contributed by atoms with Crippen LogP contribution >= 0.6 is 11.8 Å². The van der Waals surface area contributed by atoms with E-state index in [1.165, 1.54) is 36.1 Å². The zero-order chi connectivity index (χ0) is 26.2. The van der Waals surface area contributed by atoms with Gasteiger partial charge in [-0.05, 0) is 25.2 Å². The molecule has 36 heavy (non-hydrogen) atoms. The maximum Gasteiger partial charge on any atom is 0.404 e. The molecule has 0 aliphatic carbocycles. The summed E-state index contributed by atoms with van der Waals surface area (Å²) >= 11 is 1.30. The number of rotatable bonds is 12. The molecule has 3 amide bonds. The van der Waals surface area contributed by atoms with E-state index in [1.807, 2.05) is 13.8 Å². The summed E-state index contributed by atoms with van der Waals surface area (Å²) in [5.41, 5.74) is 5.32.